The van der Waals surface area contributed by atoms with E-state index in [-0.39, 0.29) is 24.0 Å². The van der Waals surface area contributed by atoms with Crippen molar-refractivity contribution < 1.29 is 9.47 Å². The average molecular weight is 407 g/mol. The van der Waals surface area contributed by atoms with Crippen LogP contribution in [0.5, 0.6) is 5.75 Å². The number of hydrogen-bond acceptors (Lipinski definition) is 3. The number of hydrogen-bond donors (Lipinski definition) is 0. The van der Waals surface area contributed by atoms with E-state index in [0.717, 1.165) is 17.3 Å². The van der Waals surface area contributed by atoms with E-state index in [0.29, 0.717) is 19.8 Å². The van der Waals surface area contributed by atoms with Crippen molar-refractivity contribution in [2.45, 2.75) is 6.54 Å². The molecular weight excluding hydrogens is 381 g/mol. The van der Waals surface area contributed by atoms with Gasteiger partial charge in [0.1, 0.15) is 12.4 Å². The molecule has 0 saturated carbocycles. The van der Waals surface area contributed by atoms with Gasteiger partial charge >= 0.3 is 0 Å². The second-order valence-corrected chi connectivity index (χ2v) is 4.89. The van der Waals surface area contributed by atoms with Crippen molar-refractivity contribution in [3.63, 3.8) is 0 Å². The van der Waals surface area contributed by atoms with Gasteiger partial charge in [-0.25, -0.2) is 4.99 Å². The maximum atomic E-state index is 5.53. The Morgan fingerprint density at radius 1 is 1.00 bits per heavy atom. The fourth-order valence-electron chi connectivity index (χ4n) is 1.78. The highest BCUT2D eigenvalue weighted by Crippen LogP contribution is 2.13. The molecule has 0 aromatic heterocycles. The first-order valence-electron chi connectivity index (χ1n) is 6.64. The maximum Gasteiger partial charge on any atom is 0.195 e. The number of guanidine groups is 1. The first kappa shape index (κ1) is 20.0. The Balaban J connectivity index is 0.00000400. The van der Waals surface area contributed by atoms with Gasteiger partial charge in [-0.05, 0) is 17.7 Å². The van der Waals surface area contributed by atoms with E-state index in [2.05, 4.69) is 4.99 Å². The highest BCUT2D eigenvalue weighted by atomic mass is 127. The molecule has 0 amide bonds. The monoisotopic (exact) mass is 407 g/mol. The molecule has 0 saturated heterocycles. The average Bonchev–Trinajstić information content (AvgIpc) is 2.40. The predicted molar refractivity (Wildman–Crippen MR) is 97.7 cm³/mol. The summed E-state index contributed by atoms with van der Waals surface area (Å²) in [5, 5.41) is 0. The van der Waals surface area contributed by atoms with Gasteiger partial charge in [-0.15, -0.1) is 24.0 Å². The van der Waals surface area contributed by atoms with Crippen LogP contribution in [0.2, 0.25) is 0 Å². The highest BCUT2D eigenvalue weighted by molar-refractivity contribution is 14.0. The van der Waals surface area contributed by atoms with Crippen molar-refractivity contribution in [1.82, 2.24) is 9.80 Å². The van der Waals surface area contributed by atoms with Crippen LogP contribution < -0.4 is 4.74 Å². The molecule has 0 radical (unpaired) electrons. The molecule has 0 aliphatic heterocycles. The minimum atomic E-state index is 0. The number of benzene rings is 1. The van der Waals surface area contributed by atoms with E-state index < -0.39 is 0 Å². The molecule has 0 fully saturated rings. The molecule has 0 unspecified atom stereocenters. The molecule has 0 N–H and O–H groups in total. The normalized spacial score (nSPS) is 9.57. The number of ether oxygens (including phenoxy) is 2. The van der Waals surface area contributed by atoms with Gasteiger partial charge in [-0.1, -0.05) is 12.1 Å². The second kappa shape index (κ2) is 10.7. The van der Waals surface area contributed by atoms with E-state index >= 15 is 0 Å². The van der Waals surface area contributed by atoms with Crippen molar-refractivity contribution >= 4 is 29.9 Å². The van der Waals surface area contributed by atoms with Gasteiger partial charge in [-0.3, -0.25) is 0 Å². The van der Waals surface area contributed by atoms with Gasteiger partial charge in [0.25, 0.3) is 0 Å². The van der Waals surface area contributed by atoms with Crippen LogP contribution in [-0.2, 0) is 11.3 Å². The first-order valence-corrected chi connectivity index (χ1v) is 6.64. The number of rotatable bonds is 6. The third-order valence-corrected chi connectivity index (χ3v) is 2.68. The van der Waals surface area contributed by atoms with E-state index in [9.17, 15) is 0 Å². The second-order valence-electron chi connectivity index (χ2n) is 4.89. The number of nitrogens with zero attached hydrogens (tertiary/aromatic N) is 3. The van der Waals surface area contributed by atoms with Crippen LogP contribution in [0, 0.1) is 0 Å². The summed E-state index contributed by atoms with van der Waals surface area (Å²) < 4.78 is 10.5. The van der Waals surface area contributed by atoms with Crippen molar-refractivity contribution in [3.05, 3.63) is 29.8 Å². The summed E-state index contributed by atoms with van der Waals surface area (Å²) in [6.45, 7) is 1.82. The molecule has 0 bridgehead atoms. The summed E-state index contributed by atoms with van der Waals surface area (Å²) in [4.78, 5) is 8.61. The van der Waals surface area contributed by atoms with Crippen LogP contribution in [0.15, 0.2) is 29.3 Å². The summed E-state index contributed by atoms with van der Waals surface area (Å²) in [7, 11) is 9.63. The molecular formula is C15H26IN3O2. The number of halogens is 1. The van der Waals surface area contributed by atoms with Crippen LogP contribution in [0.1, 0.15) is 5.56 Å². The fourth-order valence-corrected chi connectivity index (χ4v) is 1.78. The van der Waals surface area contributed by atoms with E-state index in [1.807, 2.05) is 62.3 Å². The SMILES string of the molecule is COCCOc1ccc(CN=C(N(C)C)N(C)C)cc1.I. The maximum absolute atomic E-state index is 5.53. The van der Waals surface area contributed by atoms with Crippen LogP contribution in [0.3, 0.4) is 0 Å². The van der Waals surface area contributed by atoms with Crippen LogP contribution in [0.25, 0.3) is 0 Å². The van der Waals surface area contributed by atoms with Gasteiger partial charge in [0.15, 0.2) is 5.96 Å². The van der Waals surface area contributed by atoms with Crippen LogP contribution >= 0.6 is 24.0 Å². The lowest BCUT2D eigenvalue weighted by atomic mass is 10.2. The molecule has 0 aliphatic rings. The Kier molecular flexibility index (Phi) is 10.2. The molecule has 1 rings (SSSR count). The molecule has 0 aliphatic carbocycles. The predicted octanol–water partition coefficient (Wildman–Crippen LogP) is 2.31. The standard InChI is InChI=1S/C15H25N3O2.HI/c1-17(2)15(18(3)4)16-12-13-6-8-14(9-7-13)20-11-10-19-5;/h6-9H,10-12H2,1-5H3;1H. The highest BCUT2D eigenvalue weighted by Gasteiger charge is 2.03. The Morgan fingerprint density at radius 2 is 1.57 bits per heavy atom. The fraction of sp³-hybridized carbons (Fsp3) is 0.533. The topological polar surface area (TPSA) is 37.3 Å². The molecule has 1 aromatic carbocycles. The van der Waals surface area contributed by atoms with E-state index in [1.54, 1.807) is 7.11 Å². The summed E-state index contributed by atoms with van der Waals surface area (Å²) in [5.74, 6) is 1.81. The molecule has 21 heavy (non-hydrogen) atoms. The lowest BCUT2D eigenvalue weighted by molar-refractivity contribution is 0.146. The summed E-state index contributed by atoms with van der Waals surface area (Å²) in [5.41, 5.74) is 1.16. The van der Waals surface area contributed by atoms with Crippen molar-refractivity contribution in [1.29, 1.82) is 0 Å². The molecule has 0 atom stereocenters. The summed E-state index contributed by atoms with van der Waals surface area (Å²) in [6.07, 6.45) is 0. The zero-order valence-corrected chi connectivity index (χ0v) is 15.8. The van der Waals surface area contributed by atoms with Crippen LogP contribution in [0.4, 0.5) is 0 Å². The zero-order valence-electron chi connectivity index (χ0n) is 13.5. The lowest BCUT2D eigenvalue weighted by Gasteiger charge is -2.22. The van der Waals surface area contributed by atoms with Crippen molar-refractivity contribution in [3.8, 4) is 5.75 Å². The summed E-state index contributed by atoms with van der Waals surface area (Å²) >= 11 is 0. The summed E-state index contributed by atoms with van der Waals surface area (Å²) in [6, 6.07) is 8.00. The third kappa shape index (κ3) is 7.52. The van der Waals surface area contributed by atoms with Gasteiger partial charge in [0.05, 0.1) is 13.2 Å². The smallest absolute Gasteiger partial charge is 0.195 e. The Bertz CT molecular complexity index is 409. The van der Waals surface area contributed by atoms with E-state index in [4.69, 9.17) is 9.47 Å². The van der Waals surface area contributed by atoms with Crippen molar-refractivity contribution in [2.24, 2.45) is 4.99 Å². The molecule has 0 heterocycles. The van der Waals surface area contributed by atoms with Crippen LogP contribution in [-0.4, -0.2) is 64.3 Å². The van der Waals surface area contributed by atoms with Gasteiger partial charge in [0.2, 0.25) is 0 Å². The minimum Gasteiger partial charge on any atom is -0.491 e. The largest absolute Gasteiger partial charge is 0.491 e. The Hall–Kier alpha value is -1.02. The minimum absolute atomic E-state index is 0. The quantitative estimate of drug-likeness (QED) is 0.314. The third-order valence-electron chi connectivity index (χ3n) is 2.68. The molecule has 120 valence electrons. The van der Waals surface area contributed by atoms with Crippen molar-refractivity contribution in [2.75, 3.05) is 48.5 Å². The molecule has 0 spiro atoms. The van der Waals surface area contributed by atoms with Gasteiger partial charge in [0, 0.05) is 35.3 Å². The van der Waals surface area contributed by atoms with Gasteiger partial charge in [-0.2, -0.15) is 0 Å². The Labute approximate surface area is 145 Å². The number of aliphatic imine (C=N–C) groups is 1. The lowest BCUT2D eigenvalue weighted by Crippen LogP contribution is -2.35. The van der Waals surface area contributed by atoms with Gasteiger partial charge < -0.3 is 19.3 Å². The Morgan fingerprint density at radius 3 is 2.05 bits per heavy atom. The number of methoxy groups -OCH3 is 1. The van der Waals surface area contributed by atoms with E-state index in [1.165, 1.54) is 0 Å². The first-order chi connectivity index (χ1) is 9.54. The molecule has 5 nitrogen and oxygen atoms in total. The zero-order chi connectivity index (χ0) is 15.0. The molecule has 1 aromatic rings. The molecule has 6 heteroatoms.